The third-order valence-electron chi connectivity index (χ3n) is 6.99. The van der Waals surface area contributed by atoms with E-state index >= 15 is 0 Å². The van der Waals surface area contributed by atoms with Crippen LogP contribution in [0.15, 0.2) is 12.1 Å². The Hall–Kier alpha value is -2.81. The van der Waals surface area contributed by atoms with E-state index in [0.29, 0.717) is 55.1 Å². The van der Waals surface area contributed by atoms with E-state index in [2.05, 4.69) is 4.98 Å². The molecule has 9 nitrogen and oxygen atoms in total. The average Bonchev–Trinajstić information content (AvgIpc) is 3.56. The highest BCUT2D eigenvalue weighted by molar-refractivity contribution is 5.82. The van der Waals surface area contributed by atoms with Crippen molar-refractivity contribution in [1.29, 1.82) is 0 Å². The summed E-state index contributed by atoms with van der Waals surface area (Å²) in [5, 5.41) is 10.4. The number of ether oxygens (including phenoxy) is 2. The van der Waals surface area contributed by atoms with E-state index in [0.717, 1.165) is 42.5 Å². The molecule has 3 heterocycles. The minimum atomic E-state index is -0.410. The molecule has 1 saturated heterocycles. The van der Waals surface area contributed by atoms with Crippen molar-refractivity contribution in [2.75, 3.05) is 26.3 Å². The molecule has 2 fully saturated rings. The van der Waals surface area contributed by atoms with E-state index in [-0.39, 0.29) is 18.5 Å². The van der Waals surface area contributed by atoms with Crippen LogP contribution < -0.4 is 9.47 Å². The number of nitrogens with one attached hydrogen (secondary N) is 1. The van der Waals surface area contributed by atoms with Crippen LogP contribution in [0, 0.1) is 11.8 Å². The lowest BCUT2D eigenvalue weighted by atomic mass is 9.91. The maximum absolute atomic E-state index is 13.6. The molecule has 3 aliphatic rings. The molecule has 9 heteroatoms. The maximum atomic E-state index is 13.6. The zero-order valence-corrected chi connectivity index (χ0v) is 18.2. The average molecular weight is 443 g/mol. The van der Waals surface area contributed by atoms with E-state index in [1.54, 1.807) is 0 Å². The standard InChI is InChI=1S/C23H30N4O5/c28-14-26(30)13-16(10-15-4-1-2-5-15)23(29)27-7-3-6-19(27)22-24-17-11-20-21(12-18(17)25-22)32-9-8-31-20/h11-12,14-16,19,30H,1-10,13H2,(H,24,25). The Morgan fingerprint density at radius 1 is 1.22 bits per heavy atom. The van der Waals surface area contributed by atoms with Crippen molar-refractivity contribution in [2.24, 2.45) is 11.8 Å². The van der Waals surface area contributed by atoms with Crippen molar-refractivity contribution in [3.8, 4) is 11.5 Å². The number of carbonyl (C=O) groups excluding carboxylic acids is 2. The molecular formula is C23H30N4O5. The second kappa shape index (κ2) is 8.97. The molecule has 2 N–H and O–H groups in total. The van der Waals surface area contributed by atoms with Gasteiger partial charge in [-0.05, 0) is 25.2 Å². The Balaban J connectivity index is 1.38. The first-order chi connectivity index (χ1) is 15.6. The number of amides is 2. The smallest absolute Gasteiger partial charge is 0.233 e. The molecule has 0 radical (unpaired) electrons. The summed E-state index contributed by atoms with van der Waals surface area (Å²) in [6, 6.07) is 3.63. The quantitative estimate of drug-likeness (QED) is 0.388. The highest BCUT2D eigenvalue weighted by Gasteiger charge is 2.37. The molecule has 2 amide bonds. The van der Waals surface area contributed by atoms with Crippen LogP contribution >= 0.6 is 0 Å². The van der Waals surface area contributed by atoms with Crippen LogP contribution in [0.1, 0.15) is 56.8 Å². The van der Waals surface area contributed by atoms with Gasteiger partial charge in [0.25, 0.3) is 0 Å². The summed E-state index contributed by atoms with van der Waals surface area (Å²) in [6.07, 6.45) is 7.38. The van der Waals surface area contributed by atoms with Crippen molar-refractivity contribution >= 4 is 23.4 Å². The first-order valence-corrected chi connectivity index (χ1v) is 11.6. The molecule has 1 aromatic heterocycles. The van der Waals surface area contributed by atoms with Crippen molar-refractivity contribution in [3.05, 3.63) is 18.0 Å². The Morgan fingerprint density at radius 2 is 1.97 bits per heavy atom. The lowest BCUT2D eigenvalue weighted by molar-refractivity contribution is -0.157. The number of hydrogen-bond acceptors (Lipinski definition) is 6. The summed E-state index contributed by atoms with van der Waals surface area (Å²) >= 11 is 0. The maximum Gasteiger partial charge on any atom is 0.233 e. The van der Waals surface area contributed by atoms with Gasteiger partial charge in [-0.25, -0.2) is 10.0 Å². The number of imidazole rings is 1. The fourth-order valence-corrected chi connectivity index (χ4v) is 5.44. The largest absolute Gasteiger partial charge is 0.486 e. The third kappa shape index (κ3) is 4.13. The summed E-state index contributed by atoms with van der Waals surface area (Å²) in [7, 11) is 0. The predicted molar refractivity (Wildman–Crippen MR) is 115 cm³/mol. The molecule has 2 aromatic rings. The number of aromatic nitrogens is 2. The van der Waals surface area contributed by atoms with E-state index in [4.69, 9.17) is 14.5 Å². The van der Waals surface area contributed by atoms with E-state index < -0.39 is 5.92 Å². The van der Waals surface area contributed by atoms with Gasteiger partial charge in [-0.1, -0.05) is 25.7 Å². The number of H-pyrrole nitrogens is 1. The molecule has 172 valence electrons. The molecule has 2 unspecified atom stereocenters. The molecule has 1 saturated carbocycles. The van der Waals surface area contributed by atoms with Crippen LogP contribution in [0.3, 0.4) is 0 Å². The first-order valence-electron chi connectivity index (χ1n) is 11.6. The first kappa shape index (κ1) is 21.1. The number of likely N-dealkylation sites (tertiary alicyclic amines) is 1. The molecule has 2 atom stereocenters. The third-order valence-corrected chi connectivity index (χ3v) is 6.99. The summed E-state index contributed by atoms with van der Waals surface area (Å²) in [4.78, 5) is 34.6. The lowest BCUT2D eigenvalue weighted by Crippen LogP contribution is -2.41. The highest BCUT2D eigenvalue weighted by Crippen LogP contribution is 2.38. The van der Waals surface area contributed by atoms with Crippen LogP contribution in [0.4, 0.5) is 0 Å². The number of aromatic amines is 1. The Labute approximate surface area is 186 Å². The summed E-state index contributed by atoms with van der Waals surface area (Å²) in [6.45, 7) is 1.72. The van der Waals surface area contributed by atoms with Crippen LogP contribution in [-0.4, -0.2) is 63.8 Å². The summed E-state index contributed by atoms with van der Waals surface area (Å²) in [5.41, 5.74) is 1.64. The van der Waals surface area contributed by atoms with Gasteiger partial charge in [0.05, 0.1) is 29.5 Å². The Morgan fingerprint density at radius 3 is 2.72 bits per heavy atom. The molecule has 1 aromatic carbocycles. The predicted octanol–water partition coefficient (Wildman–Crippen LogP) is 3.04. The minimum Gasteiger partial charge on any atom is -0.486 e. The Kier molecular flexibility index (Phi) is 5.91. The second-order valence-electron chi connectivity index (χ2n) is 9.14. The van der Waals surface area contributed by atoms with Crippen LogP contribution in [0.2, 0.25) is 0 Å². The van der Waals surface area contributed by atoms with Crippen LogP contribution in [0.5, 0.6) is 11.5 Å². The van der Waals surface area contributed by atoms with Gasteiger partial charge in [0.2, 0.25) is 12.3 Å². The molecule has 1 aliphatic carbocycles. The van der Waals surface area contributed by atoms with Crippen molar-refractivity contribution in [2.45, 2.75) is 51.0 Å². The number of hydroxylamine groups is 2. The monoisotopic (exact) mass is 442 g/mol. The number of fused-ring (bicyclic) bond motifs is 2. The van der Waals surface area contributed by atoms with Gasteiger partial charge in [-0.15, -0.1) is 0 Å². The number of carbonyl (C=O) groups is 2. The molecule has 32 heavy (non-hydrogen) atoms. The van der Waals surface area contributed by atoms with E-state index in [1.165, 1.54) is 12.8 Å². The van der Waals surface area contributed by atoms with Gasteiger partial charge in [0.1, 0.15) is 19.0 Å². The molecule has 0 spiro atoms. The number of hydrogen-bond donors (Lipinski definition) is 2. The zero-order valence-electron chi connectivity index (χ0n) is 18.2. The number of nitrogens with zero attached hydrogens (tertiary/aromatic N) is 3. The molecule has 5 rings (SSSR count). The fraction of sp³-hybridized carbons (Fsp3) is 0.609. The number of rotatable bonds is 7. The lowest BCUT2D eigenvalue weighted by Gasteiger charge is -2.30. The topological polar surface area (TPSA) is 108 Å². The van der Waals surface area contributed by atoms with Gasteiger partial charge in [-0.3, -0.25) is 14.8 Å². The van der Waals surface area contributed by atoms with Crippen molar-refractivity contribution in [3.63, 3.8) is 0 Å². The van der Waals surface area contributed by atoms with Crippen LogP contribution in [0.25, 0.3) is 11.0 Å². The van der Waals surface area contributed by atoms with E-state index in [9.17, 15) is 14.8 Å². The van der Waals surface area contributed by atoms with Gasteiger partial charge >= 0.3 is 0 Å². The van der Waals surface area contributed by atoms with E-state index in [1.807, 2.05) is 17.0 Å². The van der Waals surface area contributed by atoms with Crippen LogP contribution in [-0.2, 0) is 9.59 Å². The molecular weight excluding hydrogens is 412 g/mol. The summed E-state index contributed by atoms with van der Waals surface area (Å²) in [5.74, 6) is 2.20. The van der Waals surface area contributed by atoms with Crippen molar-refractivity contribution in [1.82, 2.24) is 19.9 Å². The second-order valence-corrected chi connectivity index (χ2v) is 9.14. The normalized spacial score (nSPS) is 21.8. The van der Waals surface area contributed by atoms with Gasteiger partial charge in [0.15, 0.2) is 11.5 Å². The highest BCUT2D eigenvalue weighted by atomic mass is 16.6. The Bertz CT molecular complexity index is 943. The SMILES string of the molecule is O=CN(O)CC(CC1CCCC1)C(=O)N1CCCC1c1nc2cc3c(cc2[nH]1)OCCO3. The number of benzene rings is 1. The van der Waals surface area contributed by atoms with Crippen molar-refractivity contribution < 1.29 is 24.3 Å². The molecule has 2 aliphatic heterocycles. The van der Waals surface area contributed by atoms with Gasteiger partial charge < -0.3 is 19.4 Å². The summed E-state index contributed by atoms with van der Waals surface area (Å²) < 4.78 is 11.3. The van der Waals surface area contributed by atoms with Gasteiger partial charge in [-0.2, -0.15) is 0 Å². The van der Waals surface area contributed by atoms with Gasteiger partial charge in [0, 0.05) is 18.7 Å². The minimum absolute atomic E-state index is 0.00767. The molecule has 0 bridgehead atoms. The zero-order chi connectivity index (χ0) is 22.1. The fourth-order valence-electron chi connectivity index (χ4n) is 5.44.